The van der Waals surface area contributed by atoms with Gasteiger partial charge in [-0.1, -0.05) is 6.92 Å². The Morgan fingerprint density at radius 1 is 0.691 bits per heavy atom. The highest BCUT2D eigenvalue weighted by Crippen LogP contribution is 2.36. The third kappa shape index (κ3) is 27.7. The number of hydrogen-bond acceptors (Lipinski definition) is 19. The molecule has 0 spiro atoms. The van der Waals surface area contributed by atoms with Gasteiger partial charge in [-0.05, 0) is 88.9 Å². The van der Waals surface area contributed by atoms with Crippen LogP contribution in [0.2, 0.25) is 0 Å². The second-order valence-electron chi connectivity index (χ2n) is 19.4. The number of aliphatic imine (C=N–C) groups is 1. The number of carbonyl (C=O) groups excluding carboxylic acids is 3. The number of alkyl carbamates (subject to hydrolysis) is 1. The molecule has 1 aromatic heterocycles. The zero-order valence-corrected chi connectivity index (χ0v) is 47.8. The van der Waals surface area contributed by atoms with Gasteiger partial charge in [-0.15, -0.1) is 11.3 Å². The Balaban J connectivity index is 0.729. The van der Waals surface area contributed by atoms with Crippen LogP contribution >= 0.6 is 11.3 Å². The lowest BCUT2D eigenvalue weighted by atomic mass is 9.92. The normalized spacial score (nSPS) is 15.0. The molecule has 1 saturated carbocycles. The van der Waals surface area contributed by atoms with E-state index >= 15 is 0 Å². The first-order valence-corrected chi connectivity index (χ1v) is 29.3. The number of esters is 1. The summed E-state index contributed by atoms with van der Waals surface area (Å²) in [6, 6.07) is 2.15. The number of nitrogens with zero attached hydrogens (tertiary/aromatic N) is 3. The van der Waals surface area contributed by atoms with E-state index in [-0.39, 0.29) is 44.0 Å². The minimum absolute atomic E-state index is 0.0188. The van der Waals surface area contributed by atoms with E-state index in [1.807, 2.05) is 11.0 Å². The van der Waals surface area contributed by atoms with Crippen molar-refractivity contribution in [1.82, 2.24) is 15.1 Å². The van der Waals surface area contributed by atoms with E-state index < -0.39 is 41.4 Å². The molecule has 25 heteroatoms. The van der Waals surface area contributed by atoms with E-state index in [1.165, 1.54) is 4.88 Å². The fourth-order valence-electron chi connectivity index (χ4n) is 8.51. The number of amidine groups is 1. The van der Waals surface area contributed by atoms with Gasteiger partial charge in [0.15, 0.2) is 11.6 Å². The number of piperidine rings is 1. The first-order chi connectivity index (χ1) is 39.5. The number of benzene rings is 1. The Morgan fingerprint density at radius 2 is 1.20 bits per heavy atom. The minimum Gasteiger partial charge on any atom is -0.446 e. The number of hydrogen-bond donors (Lipinski definition) is 2. The SMILES string of the molecule is CCCN(CCCNC(=O)OC1CCC1)C(=O)C1=Cc2sc(CCC3CCN(CCOCCOCCOCCOCCOCCOCCOCCOCCOCCOCCC(=O)Oc4c(F)c(F)cc(F)c4F)CC3)cc2N=C(N)C1. The number of ether oxygens (including phenoxy) is 12. The predicted octanol–water partition coefficient (Wildman–Crippen LogP) is 6.79. The highest BCUT2D eigenvalue weighted by Gasteiger charge is 2.26. The van der Waals surface area contributed by atoms with Gasteiger partial charge in [-0.3, -0.25) is 9.59 Å². The van der Waals surface area contributed by atoms with Crippen LogP contribution in [-0.2, 0) is 68.1 Å². The van der Waals surface area contributed by atoms with Crippen molar-refractivity contribution in [2.75, 3.05) is 171 Å². The molecule has 0 bridgehead atoms. The minimum atomic E-state index is -1.80. The standard InChI is InChI=1S/C56H85F4N5O15S/c1-2-13-65(14-4-12-62-56(68)79-44-5-3-6-44)55(67)43-38-49-48(63-50(61)39-43)40-45(81-49)8-7-42-9-15-64(16-10-42)17-19-70-21-23-72-25-27-74-29-31-76-33-35-78-37-36-77-34-32-75-30-28-73-26-24-71-22-20-69-18-11-51(66)80-54-52(59)46(57)41-47(58)53(54)60/h38,40-42,44H,2-37,39H2,1H3,(H2,61,63)(H,62,68). The summed E-state index contributed by atoms with van der Waals surface area (Å²) in [5.41, 5.74) is 7.84. The van der Waals surface area contributed by atoms with Gasteiger partial charge < -0.3 is 77.7 Å². The summed E-state index contributed by atoms with van der Waals surface area (Å²) in [7, 11) is 0. The van der Waals surface area contributed by atoms with Gasteiger partial charge in [0.1, 0.15) is 11.9 Å². The molecule has 5 rings (SSSR count). The third-order valence-electron chi connectivity index (χ3n) is 13.1. The molecule has 81 heavy (non-hydrogen) atoms. The molecular weight excluding hydrogens is 1090 g/mol. The molecule has 0 radical (unpaired) electrons. The molecule has 458 valence electrons. The van der Waals surface area contributed by atoms with Crippen molar-refractivity contribution in [3.63, 3.8) is 0 Å². The molecule has 2 aromatic rings. The molecule has 1 saturated heterocycles. The second-order valence-corrected chi connectivity index (χ2v) is 20.6. The molecule has 2 fully saturated rings. The predicted molar refractivity (Wildman–Crippen MR) is 294 cm³/mol. The molecule has 3 heterocycles. The Labute approximate surface area is 477 Å². The van der Waals surface area contributed by atoms with Crippen LogP contribution in [0, 0.1) is 29.2 Å². The number of aryl methyl sites for hydroxylation is 1. The summed E-state index contributed by atoms with van der Waals surface area (Å²) < 4.78 is 118. The van der Waals surface area contributed by atoms with Crippen LogP contribution < -0.4 is 15.8 Å². The lowest BCUT2D eigenvalue weighted by molar-refractivity contribution is -0.136. The van der Waals surface area contributed by atoms with E-state index in [4.69, 9.17) is 62.8 Å². The van der Waals surface area contributed by atoms with Crippen molar-refractivity contribution in [3.05, 3.63) is 50.7 Å². The maximum absolute atomic E-state index is 13.8. The summed E-state index contributed by atoms with van der Waals surface area (Å²) >= 11 is 1.71. The number of nitrogens with one attached hydrogen (secondary N) is 1. The largest absolute Gasteiger partial charge is 0.446 e. The van der Waals surface area contributed by atoms with Crippen LogP contribution in [0.15, 0.2) is 22.7 Å². The maximum Gasteiger partial charge on any atom is 0.407 e. The summed E-state index contributed by atoms with van der Waals surface area (Å²) in [6.45, 7) is 14.4. The molecule has 0 unspecified atom stereocenters. The molecule has 0 atom stereocenters. The van der Waals surface area contributed by atoms with Crippen LogP contribution in [0.4, 0.5) is 28.0 Å². The number of carbonyl (C=O) groups is 3. The van der Waals surface area contributed by atoms with Crippen molar-refractivity contribution in [2.45, 2.75) is 83.7 Å². The van der Waals surface area contributed by atoms with Gasteiger partial charge in [0.25, 0.3) is 0 Å². The molecule has 20 nitrogen and oxygen atoms in total. The van der Waals surface area contributed by atoms with Crippen LogP contribution in [0.5, 0.6) is 5.75 Å². The van der Waals surface area contributed by atoms with Gasteiger partial charge >= 0.3 is 12.1 Å². The average molecular weight is 1180 g/mol. The number of halogens is 4. The van der Waals surface area contributed by atoms with Crippen LogP contribution in [0.3, 0.4) is 0 Å². The maximum atomic E-state index is 13.8. The average Bonchev–Trinajstić information content (AvgIpc) is 3.76. The van der Waals surface area contributed by atoms with Crippen LogP contribution in [0.25, 0.3) is 6.08 Å². The van der Waals surface area contributed by atoms with E-state index in [2.05, 4.69) is 27.9 Å². The third-order valence-corrected chi connectivity index (χ3v) is 14.3. The van der Waals surface area contributed by atoms with Crippen molar-refractivity contribution in [1.29, 1.82) is 0 Å². The summed E-state index contributed by atoms with van der Waals surface area (Å²) in [5.74, 6) is -8.43. The van der Waals surface area contributed by atoms with Crippen molar-refractivity contribution >= 4 is 46.9 Å². The Bertz CT molecular complexity index is 2160. The summed E-state index contributed by atoms with van der Waals surface area (Å²) in [6.07, 6.45) is 10.4. The second kappa shape index (κ2) is 40.8. The zero-order valence-electron chi connectivity index (χ0n) is 47.0. The summed E-state index contributed by atoms with van der Waals surface area (Å²) in [5, 5.41) is 2.82. The molecule has 1 aliphatic carbocycles. The van der Waals surface area contributed by atoms with Gasteiger partial charge in [-0.25, -0.2) is 18.6 Å². The number of nitrogens with two attached hydrogens (primary N) is 1. The van der Waals surface area contributed by atoms with Gasteiger partial charge in [0.2, 0.25) is 23.3 Å². The molecule has 3 N–H and O–H groups in total. The lowest BCUT2D eigenvalue weighted by Crippen LogP contribution is -2.37. The molecular formula is C56H85F4N5O15S. The van der Waals surface area contributed by atoms with Crippen LogP contribution in [-0.4, -0.2) is 211 Å². The Hall–Kier alpha value is -4.38. The summed E-state index contributed by atoms with van der Waals surface area (Å²) in [4.78, 5) is 48.8. The fourth-order valence-corrected chi connectivity index (χ4v) is 9.59. The van der Waals surface area contributed by atoms with Gasteiger partial charge in [0, 0.05) is 49.1 Å². The number of thiophene rings is 1. The van der Waals surface area contributed by atoms with E-state index in [1.54, 1.807) is 11.3 Å². The number of likely N-dealkylation sites (tertiary alicyclic amines) is 1. The number of fused-ring (bicyclic) bond motifs is 1. The van der Waals surface area contributed by atoms with Gasteiger partial charge in [0.05, 0.1) is 149 Å². The highest BCUT2D eigenvalue weighted by atomic mass is 32.1. The molecule has 1 aromatic carbocycles. The quantitative estimate of drug-likeness (QED) is 0.0229. The zero-order chi connectivity index (χ0) is 57.7. The number of rotatable bonds is 45. The first-order valence-electron chi connectivity index (χ1n) is 28.4. The van der Waals surface area contributed by atoms with Crippen molar-refractivity contribution < 1.29 is 88.8 Å². The van der Waals surface area contributed by atoms with E-state index in [9.17, 15) is 31.9 Å². The number of amides is 2. The molecule has 2 aliphatic heterocycles. The highest BCUT2D eigenvalue weighted by molar-refractivity contribution is 7.13. The fraction of sp³-hybridized carbons (Fsp3) is 0.714. The van der Waals surface area contributed by atoms with Crippen LogP contribution in [0.1, 0.15) is 80.9 Å². The lowest BCUT2D eigenvalue weighted by Gasteiger charge is -2.31. The molecule has 2 amide bonds. The Kier molecular flexibility index (Phi) is 33.9. The van der Waals surface area contributed by atoms with Gasteiger partial charge in [-0.2, -0.15) is 8.78 Å². The molecule has 3 aliphatic rings. The Morgan fingerprint density at radius 3 is 1.69 bits per heavy atom. The smallest absolute Gasteiger partial charge is 0.407 e. The first kappa shape index (κ1) is 67.4. The monoisotopic (exact) mass is 1180 g/mol. The van der Waals surface area contributed by atoms with E-state index in [0.717, 1.165) is 81.6 Å². The van der Waals surface area contributed by atoms with Crippen molar-refractivity contribution in [3.8, 4) is 5.75 Å². The van der Waals surface area contributed by atoms with E-state index in [0.29, 0.717) is 162 Å². The topological polar surface area (TPSA) is 219 Å². The van der Waals surface area contributed by atoms with Crippen molar-refractivity contribution in [2.24, 2.45) is 16.6 Å².